The summed E-state index contributed by atoms with van der Waals surface area (Å²) >= 11 is 0. The Hall–Kier alpha value is -4.40. The Kier molecular flexibility index (Phi) is 22.6. The van der Waals surface area contributed by atoms with Crippen molar-refractivity contribution in [1.82, 2.24) is 0 Å². The van der Waals surface area contributed by atoms with Gasteiger partial charge in [0.2, 0.25) is 50.3 Å². The van der Waals surface area contributed by atoms with Crippen LogP contribution in [0, 0.1) is 0 Å². The molecule has 0 N–H and O–H groups in total. The van der Waals surface area contributed by atoms with Crippen molar-refractivity contribution < 1.29 is 75.8 Å². The highest BCUT2D eigenvalue weighted by Gasteiger charge is 2.43. The van der Waals surface area contributed by atoms with Crippen LogP contribution in [0.1, 0.15) is 156 Å². The molecule has 0 aromatic heterocycles. The number of epoxide rings is 4. The number of ether oxygens (including phenoxy) is 16. The summed E-state index contributed by atoms with van der Waals surface area (Å²) in [5.74, 6) is 3.32. The van der Waals surface area contributed by atoms with Gasteiger partial charge in [0.05, 0.1) is 26.4 Å². The predicted octanol–water partition coefficient (Wildman–Crippen LogP) is 15.2. The Morgan fingerprint density at radius 3 is 0.667 bits per heavy atom. The minimum atomic E-state index is -0.214. The minimum Gasteiger partial charge on any atom is -0.489 e. The quantitative estimate of drug-likeness (QED) is 0.0153. The van der Waals surface area contributed by atoms with Gasteiger partial charge < -0.3 is 75.8 Å². The highest BCUT2D eigenvalue weighted by atomic mass is 16.9. The molecule has 0 amide bonds. The van der Waals surface area contributed by atoms with E-state index in [1.165, 1.54) is 43.1 Å². The molecule has 0 spiro atoms. The van der Waals surface area contributed by atoms with Crippen molar-refractivity contribution in [3.05, 3.63) is 48.5 Å². The molecule has 4 aliphatic heterocycles. The predicted molar refractivity (Wildman–Crippen MR) is 324 cm³/mol. The highest BCUT2D eigenvalue weighted by Crippen LogP contribution is 2.57. The van der Waals surface area contributed by atoms with Crippen molar-refractivity contribution in [1.29, 1.82) is 0 Å². The summed E-state index contributed by atoms with van der Waals surface area (Å²) in [5.41, 5.74) is 0. The number of hydrogen-bond acceptors (Lipinski definition) is 16. The molecule has 84 heavy (non-hydrogen) atoms. The van der Waals surface area contributed by atoms with Crippen LogP contribution in [0.25, 0.3) is 64.6 Å². The molecule has 4 fully saturated rings. The highest BCUT2D eigenvalue weighted by molar-refractivity contribution is 6.46. The first kappa shape index (κ1) is 61.3. The summed E-state index contributed by atoms with van der Waals surface area (Å²) in [4.78, 5) is 0. The Labute approximate surface area is 495 Å². The largest absolute Gasteiger partial charge is 0.489 e. The molecule has 0 saturated carbocycles. The van der Waals surface area contributed by atoms with E-state index in [-0.39, 0.29) is 50.3 Å². The molecule has 4 aliphatic rings. The van der Waals surface area contributed by atoms with Gasteiger partial charge in [-0.2, -0.15) is 0 Å². The van der Waals surface area contributed by atoms with Gasteiger partial charge in [-0.3, -0.25) is 0 Å². The second-order valence-corrected chi connectivity index (χ2v) is 22.7. The molecule has 8 atom stereocenters. The van der Waals surface area contributed by atoms with E-state index in [0.717, 1.165) is 173 Å². The van der Waals surface area contributed by atoms with E-state index in [2.05, 4.69) is 48.5 Å². The van der Waals surface area contributed by atoms with Crippen LogP contribution in [-0.4, -0.2) is 130 Å². The molecule has 4 saturated heterocycles. The standard InChI is InChI=1S/C68H92O16/c1-5-69-61-65(81-61)77-41-25-17-9-13-21-37-73-57-47-33-29-45-31-35-49-55-51(45)53(47)54-48(58(57)74-38-22-14-10-18-26-42-78-66-62(82-66)70-6-2)34-30-46-32-36-50(56(55)52(46)54)60(76-40-24-16-12-20-28-44-80-68-64(84-68)72-8-4)59(49)75-39-23-15-11-19-27-43-79-67-63(83-67)71-7-3/h29-36,61-68H,5-28,37-44H2,1-4H3. The first-order chi connectivity index (χ1) is 41.6. The number of rotatable bonds is 48. The fourth-order valence-corrected chi connectivity index (χ4v) is 12.1. The van der Waals surface area contributed by atoms with E-state index in [1.54, 1.807) is 0 Å². The van der Waals surface area contributed by atoms with Crippen LogP contribution in [-0.2, 0) is 56.8 Å². The van der Waals surface area contributed by atoms with Crippen molar-refractivity contribution in [2.75, 3.05) is 79.3 Å². The lowest BCUT2D eigenvalue weighted by Gasteiger charge is -2.26. The number of unbranched alkanes of at least 4 members (excludes halogenated alkanes) is 16. The molecule has 16 heteroatoms. The normalized spacial score (nSPS) is 21.9. The topological polar surface area (TPSA) is 161 Å². The summed E-state index contributed by atoms with van der Waals surface area (Å²) in [6.07, 6.45) is 19.0. The summed E-state index contributed by atoms with van der Waals surface area (Å²) in [6.45, 7) is 15.5. The summed E-state index contributed by atoms with van der Waals surface area (Å²) in [7, 11) is 0. The molecule has 11 rings (SSSR count). The van der Waals surface area contributed by atoms with Crippen LogP contribution >= 0.6 is 0 Å². The van der Waals surface area contributed by atoms with Crippen molar-refractivity contribution >= 4 is 64.6 Å². The van der Waals surface area contributed by atoms with Crippen LogP contribution < -0.4 is 18.9 Å². The molecule has 7 aromatic rings. The third kappa shape index (κ3) is 15.5. The van der Waals surface area contributed by atoms with Gasteiger partial charge in [0, 0.05) is 95.9 Å². The van der Waals surface area contributed by atoms with Gasteiger partial charge >= 0.3 is 0 Å². The van der Waals surface area contributed by atoms with E-state index in [0.29, 0.717) is 79.3 Å². The molecule has 4 heterocycles. The Morgan fingerprint density at radius 2 is 0.440 bits per heavy atom. The van der Waals surface area contributed by atoms with Crippen LogP contribution in [0.2, 0.25) is 0 Å². The van der Waals surface area contributed by atoms with Gasteiger partial charge in [0.15, 0.2) is 23.0 Å². The van der Waals surface area contributed by atoms with Gasteiger partial charge in [-0.25, -0.2) is 0 Å². The van der Waals surface area contributed by atoms with E-state index < -0.39 is 0 Å². The van der Waals surface area contributed by atoms with Crippen molar-refractivity contribution in [3.63, 3.8) is 0 Å². The Morgan fingerprint density at radius 1 is 0.238 bits per heavy atom. The first-order valence-electron chi connectivity index (χ1n) is 32.4. The maximum atomic E-state index is 7.06. The second-order valence-electron chi connectivity index (χ2n) is 22.7. The third-order valence-corrected chi connectivity index (χ3v) is 16.5. The van der Waals surface area contributed by atoms with Crippen LogP contribution in [0.3, 0.4) is 0 Å². The lowest BCUT2D eigenvalue weighted by atomic mass is 9.82. The molecule has 0 aliphatic carbocycles. The van der Waals surface area contributed by atoms with Crippen LogP contribution in [0.15, 0.2) is 48.5 Å². The van der Waals surface area contributed by atoms with E-state index in [4.69, 9.17) is 75.8 Å². The smallest absolute Gasteiger partial charge is 0.212 e. The maximum Gasteiger partial charge on any atom is 0.212 e. The van der Waals surface area contributed by atoms with Crippen LogP contribution in [0.4, 0.5) is 0 Å². The fourth-order valence-electron chi connectivity index (χ4n) is 12.1. The zero-order valence-corrected chi connectivity index (χ0v) is 50.4. The van der Waals surface area contributed by atoms with E-state index >= 15 is 0 Å². The lowest BCUT2D eigenvalue weighted by molar-refractivity contribution is 0.0443. The molecule has 0 radical (unpaired) electrons. The molecule has 0 bridgehead atoms. The zero-order valence-electron chi connectivity index (χ0n) is 50.4. The van der Waals surface area contributed by atoms with Crippen molar-refractivity contribution in [2.45, 2.75) is 206 Å². The molecule has 7 aromatic carbocycles. The van der Waals surface area contributed by atoms with E-state index in [9.17, 15) is 0 Å². The Bertz CT molecular complexity index is 2660. The molecule has 16 nitrogen and oxygen atoms in total. The molecular weight excluding hydrogens is 1070 g/mol. The SMILES string of the molecule is CCOC1OC1OCCCCCCCOc1c(OCCCCCCCOC2OC2OCC)c2ccc3ccc4c(OCCCCCCCOC5OC5OCC)c(OCCCCCCCOC5OC5OCC)c5ccc6ccc1c1c6c5c4c3c21. The van der Waals surface area contributed by atoms with Gasteiger partial charge in [-0.15, -0.1) is 0 Å². The number of benzene rings is 7. The van der Waals surface area contributed by atoms with Gasteiger partial charge in [0.25, 0.3) is 0 Å². The third-order valence-electron chi connectivity index (χ3n) is 16.5. The second kappa shape index (κ2) is 31.0. The van der Waals surface area contributed by atoms with Gasteiger partial charge in [0.1, 0.15) is 0 Å². The summed E-state index contributed by atoms with van der Waals surface area (Å²) < 4.78 is 95.3. The number of hydrogen-bond donors (Lipinski definition) is 0. The summed E-state index contributed by atoms with van der Waals surface area (Å²) in [5, 5.41) is 14.0. The monoisotopic (exact) mass is 1160 g/mol. The minimum absolute atomic E-state index is 0.204. The average molecular weight is 1170 g/mol. The lowest BCUT2D eigenvalue weighted by Crippen LogP contribution is -2.07. The van der Waals surface area contributed by atoms with Crippen LogP contribution in [0.5, 0.6) is 23.0 Å². The van der Waals surface area contributed by atoms with Gasteiger partial charge in [-0.1, -0.05) is 101 Å². The fraction of sp³-hybridized carbons (Fsp3) is 0.647. The first-order valence-corrected chi connectivity index (χ1v) is 32.4. The van der Waals surface area contributed by atoms with Crippen molar-refractivity contribution in [2.24, 2.45) is 0 Å². The maximum absolute atomic E-state index is 7.06. The average Bonchev–Trinajstić information content (AvgIpc) is 1.27. The van der Waals surface area contributed by atoms with E-state index in [1.807, 2.05) is 27.7 Å². The summed E-state index contributed by atoms with van der Waals surface area (Å²) in [6, 6.07) is 18.2. The molecular formula is C68H92O16. The Balaban J connectivity index is 0.819. The van der Waals surface area contributed by atoms with Crippen molar-refractivity contribution in [3.8, 4) is 23.0 Å². The zero-order chi connectivity index (χ0) is 57.5. The molecule has 8 unspecified atom stereocenters. The van der Waals surface area contributed by atoms with Gasteiger partial charge in [-0.05, 0) is 125 Å². The molecule has 460 valence electrons.